The van der Waals surface area contributed by atoms with Crippen LogP contribution in [-0.2, 0) is 9.53 Å². The highest BCUT2D eigenvalue weighted by molar-refractivity contribution is 5.71. The van der Waals surface area contributed by atoms with E-state index in [9.17, 15) is 4.79 Å². The van der Waals surface area contributed by atoms with Crippen LogP contribution in [0, 0.1) is 11.3 Å². The van der Waals surface area contributed by atoms with Gasteiger partial charge in [0.1, 0.15) is 0 Å². The number of hydrogen-bond acceptors (Lipinski definition) is 2. The van der Waals surface area contributed by atoms with Crippen molar-refractivity contribution in [2.75, 3.05) is 6.61 Å². The zero-order valence-corrected chi connectivity index (χ0v) is 26.5. The number of hydrogen-bond donors (Lipinski definition) is 0. The smallest absolute Gasteiger partial charge is 0.308 e. The molecule has 0 aliphatic carbocycles. The minimum atomic E-state index is -0.0668. The largest absolute Gasteiger partial charge is 0.465 e. The molecule has 0 heterocycles. The molecule has 2 heteroatoms. The Hall–Kier alpha value is -0.530. The third-order valence-electron chi connectivity index (χ3n) is 8.03. The van der Waals surface area contributed by atoms with Gasteiger partial charge in [-0.3, -0.25) is 4.79 Å². The minimum absolute atomic E-state index is 0.0234. The third kappa shape index (κ3) is 28.3. The van der Waals surface area contributed by atoms with E-state index in [4.69, 9.17) is 4.74 Å². The second kappa shape index (κ2) is 27.1. The van der Waals surface area contributed by atoms with Crippen LogP contribution in [-0.4, -0.2) is 12.6 Å². The van der Waals surface area contributed by atoms with Crippen LogP contribution in [0.3, 0.4) is 0 Å². The van der Waals surface area contributed by atoms with Gasteiger partial charge in [0, 0.05) is 0 Å². The van der Waals surface area contributed by atoms with E-state index in [2.05, 4.69) is 20.8 Å². The SMILES string of the molecule is CCCCCCCCCCCCCCCCCCCCCCCCCCCC(C)(C)COC(=O)C(C)C. The van der Waals surface area contributed by atoms with Crippen LogP contribution in [0.25, 0.3) is 0 Å². The Kier molecular flexibility index (Phi) is 26.7. The number of ether oxygens (including phenoxy) is 1. The lowest BCUT2D eigenvalue weighted by Gasteiger charge is -2.24. The summed E-state index contributed by atoms with van der Waals surface area (Å²) in [6.45, 7) is 11.1. The van der Waals surface area contributed by atoms with Crippen LogP contribution >= 0.6 is 0 Å². The molecule has 0 aromatic heterocycles. The molecule has 0 aliphatic rings. The zero-order chi connectivity index (χ0) is 27.5. The quantitative estimate of drug-likeness (QED) is 0.0721. The van der Waals surface area contributed by atoms with Crippen molar-refractivity contribution in [2.45, 2.75) is 202 Å². The Morgan fingerprint density at radius 3 is 1.05 bits per heavy atom. The first-order chi connectivity index (χ1) is 17.9. The maximum atomic E-state index is 11.7. The fraction of sp³-hybridized carbons (Fsp3) is 0.971. The van der Waals surface area contributed by atoms with E-state index in [1.807, 2.05) is 13.8 Å². The molecular weight excluding hydrogens is 452 g/mol. The van der Waals surface area contributed by atoms with Crippen molar-refractivity contribution in [1.82, 2.24) is 0 Å². The number of carbonyl (C=O) groups excluding carboxylic acids is 1. The van der Waals surface area contributed by atoms with Gasteiger partial charge in [-0.15, -0.1) is 0 Å². The molecule has 0 radical (unpaired) electrons. The van der Waals surface area contributed by atoms with Gasteiger partial charge in [0.25, 0.3) is 0 Å². The minimum Gasteiger partial charge on any atom is -0.465 e. The molecule has 222 valence electrons. The van der Waals surface area contributed by atoms with Gasteiger partial charge < -0.3 is 4.74 Å². The lowest BCUT2D eigenvalue weighted by molar-refractivity contribution is -0.150. The van der Waals surface area contributed by atoms with Gasteiger partial charge in [-0.2, -0.15) is 0 Å². The molecular formula is C35H70O2. The molecule has 2 nitrogen and oxygen atoms in total. The molecule has 0 saturated heterocycles. The summed E-state index contributed by atoms with van der Waals surface area (Å²) in [4.78, 5) is 11.7. The molecule has 0 aromatic rings. The van der Waals surface area contributed by atoms with Crippen molar-refractivity contribution >= 4 is 5.97 Å². The summed E-state index contributed by atoms with van der Waals surface area (Å²) in [6, 6.07) is 0. The normalized spacial score (nSPS) is 11.9. The molecule has 0 aliphatic heterocycles. The van der Waals surface area contributed by atoms with Crippen molar-refractivity contribution in [3.8, 4) is 0 Å². The van der Waals surface area contributed by atoms with E-state index >= 15 is 0 Å². The van der Waals surface area contributed by atoms with E-state index in [0.717, 1.165) is 6.42 Å². The average Bonchev–Trinajstić information content (AvgIpc) is 2.87. The van der Waals surface area contributed by atoms with E-state index in [-0.39, 0.29) is 17.3 Å². The van der Waals surface area contributed by atoms with Crippen molar-refractivity contribution in [2.24, 2.45) is 11.3 Å². The second-order valence-corrected chi connectivity index (χ2v) is 13.2. The molecule has 0 N–H and O–H groups in total. The number of carbonyl (C=O) groups is 1. The van der Waals surface area contributed by atoms with E-state index in [1.54, 1.807) is 0 Å². The van der Waals surface area contributed by atoms with Gasteiger partial charge in [-0.1, -0.05) is 195 Å². The predicted molar refractivity (Wildman–Crippen MR) is 165 cm³/mol. The van der Waals surface area contributed by atoms with Crippen LogP contribution < -0.4 is 0 Å². The summed E-state index contributed by atoms with van der Waals surface area (Å²) in [5, 5.41) is 0. The molecule has 0 amide bonds. The first-order valence-corrected chi connectivity index (χ1v) is 17.1. The number of esters is 1. The maximum Gasteiger partial charge on any atom is 0.308 e. The zero-order valence-electron chi connectivity index (χ0n) is 26.5. The van der Waals surface area contributed by atoms with Crippen LogP contribution in [0.4, 0.5) is 0 Å². The Balaban J connectivity index is 3.21. The molecule has 0 saturated carbocycles. The summed E-state index contributed by atoms with van der Waals surface area (Å²) in [5.41, 5.74) is 0.108. The third-order valence-corrected chi connectivity index (χ3v) is 8.03. The summed E-state index contributed by atoms with van der Waals surface area (Å²) < 4.78 is 5.44. The Morgan fingerprint density at radius 2 is 0.784 bits per heavy atom. The molecule has 0 bridgehead atoms. The monoisotopic (exact) mass is 523 g/mol. The molecule has 0 rings (SSSR count). The van der Waals surface area contributed by atoms with E-state index < -0.39 is 0 Å². The Morgan fingerprint density at radius 1 is 0.514 bits per heavy atom. The molecule has 37 heavy (non-hydrogen) atoms. The Bertz CT molecular complexity index is 468. The molecule has 0 aromatic carbocycles. The average molecular weight is 523 g/mol. The maximum absolute atomic E-state index is 11.7. The van der Waals surface area contributed by atoms with Gasteiger partial charge in [-0.25, -0.2) is 0 Å². The highest BCUT2D eigenvalue weighted by atomic mass is 16.5. The molecule has 0 atom stereocenters. The lowest BCUT2D eigenvalue weighted by atomic mass is 9.87. The van der Waals surface area contributed by atoms with Crippen LogP contribution in [0.15, 0.2) is 0 Å². The lowest BCUT2D eigenvalue weighted by Crippen LogP contribution is -2.23. The van der Waals surface area contributed by atoms with Crippen molar-refractivity contribution in [1.29, 1.82) is 0 Å². The van der Waals surface area contributed by atoms with E-state index in [1.165, 1.54) is 161 Å². The van der Waals surface area contributed by atoms with Crippen LogP contribution in [0.2, 0.25) is 0 Å². The van der Waals surface area contributed by atoms with Crippen molar-refractivity contribution < 1.29 is 9.53 Å². The number of unbranched alkanes of at least 4 members (excludes halogenated alkanes) is 24. The van der Waals surface area contributed by atoms with E-state index in [0.29, 0.717) is 6.61 Å². The summed E-state index contributed by atoms with van der Waals surface area (Å²) in [5.74, 6) is -0.0902. The predicted octanol–water partition coefficient (Wildman–Crippen LogP) is 12.4. The number of rotatable bonds is 29. The van der Waals surface area contributed by atoms with Crippen molar-refractivity contribution in [3.63, 3.8) is 0 Å². The van der Waals surface area contributed by atoms with Gasteiger partial charge in [0.2, 0.25) is 0 Å². The summed E-state index contributed by atoms with van der Waals surface area (Å²) >= 11 is 0. The first-order valence-electron chi connectivity index (χ1n) is 17.1. The fourth-order valence-corrected chi connectivity index (χ4v) is 5.25. The topological polar surface area (TPSA) is 26.3 Å². The molecule has 0 spiro atoms. The molecule has 0 fully saturated rings. The highest BCUT2D eigenvalue weighted by Crippen LogP contribution is 2.25. The Labute approximate surface area is 234 Å². The fourth-order valence-electron chi connectivity index (χ4n) is 5.25. The summed E-state index contributed by atoms with van der Waals surface area (Å²) in [7, 11) is 0. The second-order valence-electron chi connectivity index (χ2n) is 13.2. The molecule has 0 unspecified atom stereocenters. The summed E-state index contributed by atoms with van der Waals surface area (Å²) in [6.07, 6.45) is 37.0. The van der Waals surface area contributed by atoms with Crippen LogP contribution in [0.1, 0.15) is 202 Å². The van der Waals surface area contributed by atoms with Gasteiger partial charge in [0.15, 0.2) is 0 Å². The van der Waals surface area contributed by atoms with Gasteiger partial charge in [0.05, 0.1) is 12.5 Å². The van der Waals surface area contributed by atoms with Crippen molar-refractivity contribution in [3.05, 3.63) is 0 Å². The van der Waals surface area contributed by atoms with Crippen LogP contribution in [0.5, 0.6) is 0 Å². The van der Waals surface area contributed by atoms with Gasteiger partial charge in [-0.05, 0) is 11.8 Å². The standard InChI is InChI=1S/C35H70O2/c1-6-7-8-9-10-11-12-13-14-15-16-17-18-19-20-21-22-23-24-25-26-27-28-29-30-31-35(4,5)32-37-34(36)33(2)3/h33H,6-32H2,1-5H3. The van der Waals surface area contributed by atoms with Gasteiger partial charge >= 0.3 is 5.97 Å². The first kappa shape index (κ1) is 36.5. The highest BCUT2D eigenvalue weighted by Gasteiger charge is 2.20.